The minimum atomic E-state index is -0.100. The number of benzene rings is 1. The van der Waals surface area contributed by atoms with Gasteiger partial charge in [-0.15, -0.1) is 0 Å². The van der Waals surface area contributed by atoms with Crippen molar-refractivity contribution in [3.05, 3.63) is 65.0 Å². The molecule has 0 saturated carbocycles. The van der Waals surface area contributed by atoms with Crippen LogP contribution in [0, 0.1) is 6.92 Å². The molecule has 0 fully saturated rings. The Bertz CT molecular complexity index is 834. The van der Waals surface area contributed by atoms with Gasteiger partial charge in [-0.1, -0.05) is 24.8 Å². The van der Waals surface area contributed by atoms with Crippen molar-refractivity contribution in [1.82, 2.24) is 9.88 Å². The molecule has 0 unspecified atom stereocenters. The highest BCUT2D eigenvalue weighted by atomic mass is 16.5. The molecule has 1 aliphatic rings. The SMILES string of the molecule is C=CCOc1ccc(CN(C)C(=O)c2[nH]c3c(c2C)C(=O)CCC3)cc1. The number of aryl methyl sites for hydroxylation is 1. The summed E-state index contributed by atoms with van der Waals surface area (Å²) in [7, 11) is 1.77. The number of carbonyl (C=O) groups excluding carboxylic acids is 2. The number of hydrogen-bond acceptors (Lipinski definition) is 3. The molecule has 1 aromatic heterocycles. The second-order valence-electron chi connectivity index (χ2n) is 6.66. The number of nitrogens with one attached hydrogen (secondary N) is 1. The van der Waals surface area contributed by atoms with E-state index < -0.39 is 0 Å². The lowest BCUT2D eigenvalue weighted by Crippen LogP contribution is -2.27. The monoisotopic (exact) mass is 352 g/mol. The predicted octanol–water partition coefficient (Wildman–Crippen LogP) is 3.68. The maximum atomic E-state index is 12.9. The van der Waals surface area contributed by atoms with Gasteiger partial charge in [0.25, 0.3) is 5.91 Å². The molecule has 1 N–H and O–H groups in total. The van der Waals surface area contributed by atoms with Crippen LogP contribution in [0.1, 0.15) is 50.5 Å². The summed E-state index contributed by atoms with van der Waals surface area (Å²) in [6.45, 7) is 6.43. The zero-order valence-electron chi connectivity index (χ0n) is 15.3. The van der Waals surface area contributed by atoms with Crippen molar-refractivity contribution in [3.63, 3.8) is 0 Å². The third-order valence-electron chi connectivity index (χ3n) is 4.71. The quantitative estimate of drug-likeness (QED) is 0.807. The Morgan fingerprint density at radius 1 is 1.31 bits per heavy atom. The molecule has 3 rings (SSSR count). The van der Waals surface area contributed by atoms with Gasteiger partial charge in [-0.2, -0.15) is 0 Å². The Morgan fingerprint density at radius 2 is 2.04 bits per heavy atom. The summed E-state index contributed by atoms with van der Waals surface area (Å²) >= 11 is 0. The van der Waals surface area contributed by atoms with Crippen molar-refractivity contribution in [2.75, 3.05) is 13.7 Å². The molecule has 1 aliphatic carbocycles. The molecule has 2 aromatic rings. The molecule has 0 saturated heterocycles. The zero-order valence-corrected chi connectivity index (χ0v) is 15.3. The summed E-state index contributed by atoms with van der Waals surface area (Å²) < 4.78 is 5.47. The van der Waals surface area contributed by atoms with E-state index in [0.717, 1.165) is 41.0 Å². The van der Waals surface area contributed by atoms with Gasteiger partial charge < -0.3 is 14.6 Å². The predicted molar refractivity (Wildman–Crippen MR) is 101 cm³/mol. The number of aromatic amines is 1. The molecular formula is C21H24N2O3. The van der Waals surface area contributed by atoms with Crippen LogP contribution in [0.25, 0.3) is 0 Å². The van der Waals surface area contributed by atoms with Crippen LogP contribution in [0.2, 0.25) is 0 Å². The molecular weight excluding hydrogens is 328 g/mol. The van der Waals surface area contributed by atoms with Gasteiger partial charge >= 0.3 is 0 Å². The number of hydrogen-bond donors (Lipinski definition) is 1. The molecule has 0 radical (unpaired) electrons. The van der Waals surface area contributed by atoms with E-state index in [1.54, 1.807) is 18.0 Å². The third kappa shape index (κ3) is 3.57. The van der Waals surface area contributed by atoms with Crippen LogP contribution >= 0.6 is 0 Å². The van der Waals surface area contributed by atoms with Gasteiger partial charge in [0.1, 0.15) is 18.1 Å². The second-order valence-corrected chi connectivity index (χ2v) is 6.66. The van der Waals surface area contributed by atoms with Crippen LogP contribution in [0.15, 0.2) is 36.9 Å². The number of nitrogens with zero attached hydrogens (tertiary/aromatic N) is 1. The Labute approximate surface area is 153 Å². The number of ketones is 1. The summed E-state index contributed by atoms with van der Waals surface area (Å²) in [4.78, 5) is 29.8. The molecule has 0 atom stereocenters. The number of Topliss-reactive ketones (excluding diaryl/α,β-unsaturated/α-hetero) is 1. The maximum Gasteiger partial charge on any atom is 0.270 e. The number of rotatable bonds is 6. The zero-order chi connectivity index (χ0) is 18.7. The van der Waals surface area contributed by atoms with Crippen molar-refractivity contribution in [2.24, 2.45) is 0 Å². The van der Waals surface area contributed by atoms with Crippen LogP contribution in [-0.2, 0) is 13.0 Å². The first-order valence-electron chi connectivity index (χ1n) is 8.84. The maximum absolute atomic E-state index is 12.9. The minimum Gasteiger partial charge on any atom is -0.490 e. The van der Waals surface area contributed by atoms with Gasteiger partial charge in [-0.25, -0.2) is 0 Å². The van der Waals surface area contributed by atoms with Crippen LogP contribution in [-0.4, -0.2) is 35.2 Å². The van der Waals surface area contributed by atoms with Crippen molar-refractivity contribution in [3.8, 4) is 5.75 Å². The lowest BCUT2D eigenvalue weighted by Gasteiger charge is -2.17. The van der Waals surface area contributed by atoms with Gasteiger partial charge in [0.2, 0.25) is 0 Å². The summed E-state index contributed by atoms with van der Waals surface area (Å²) in [6.07, 6.45) is 3.93. The highest BCUT2D eigenvalue weighted by Crippen LogP contribution is 2.27. The van der Waals surface area contributed by atoms with Gasteiger partial charge in [0.05, 0.1) is 0 Å². The molecule has 26 heavy (non-hydrogen) atoms. The van der Waals surface area contributed by atoms with Gasteiger partial charge in [-0.3, -0.25) is 9.59 Å². The summed E-state index contributed by atoms with van der Waals surface area (Å²) in [5.41, 5.74) is 3.93. The van der Waals surface area contributed by atoms with Crippen LogP contribution < -0.4 is 4.74 Å². The van der Waals surface area contributed by atoms with Crippen molar-refractivity contribution < 1.29 is 14.3 Å². The number of carbonyl (C=O) groups is 2. The third-order valence-corrected chi connectivity index (χ3v) is 4.71. The fourth-order valence-electron chi connectivity index (χ4n) is 3.37. The summed E-state index contributed by atoms with van der Waals surface area (Å²) in [6, 6.07) is 7.65. The van der Waals surface area contributed by atoms with E-state index in [1.807, 2.05) is 31.2 Å². The molecule has 1 heterocycles. The van der Waals surface area contributed by atoms with Gasteiger partial charge in [0.15, 0.2) is 5.78 Å². The van der Waals surface area contributed by atoms with Gasteiger partial charge in [0, 0.05) is 31.3 Å². The number of H-pyrrole nitrogens is 1. The molecule has 0 bridgehead atoms. The van der Waals surface area contributed by atoms with E-state index in [2.05, 4.69) is 11.6 Å². The number of ether oxygens (including phenoxy) is 1. The normalized spacial score (nSPS) is 13.2. The molecule has 136 valence electrons. The Balaban J connectivity index is 1.72. The first-order chi connectivity index (χ1) is 12.5. The van der Waals surface area contributed by atoms with Crippen LogP contribution in [0.4, 0.5) is 0 Å². The molecule has 5 nitrogen and oxygen atoms in total. The van der Waals surface area contributed by atoms with Crippen molar-refractivity contribution in [2.45, 2.75) is 32.7 Å². The first kappa shape index (κ1) is 18.0. The lowest BCUT2D eigenvalue weighted by atomic mass is 9.94. The van der Waals surface area contributed by atoms with E-state index in [9.17, 15) is 9.59 Å². The van der Waals surface area contributed by atoms with Crippen molar-refractivity contribution >= 4 is 11.7 Å². The Kier molecular flexibility index (Phi) is 5.26. The largest absolute Gasteiger partial charge is 0.490 e. The molecule has 0 spiro atoms. The second kappa shape index (κ2) is 7.60. The first-order valence-corrected chi connectivity index (χ1v) is 8.84. The summed E-state index contributed by atoms with van der Waals surface area (Å²) in [5.74, 6) is 0.808. The summed E-state index contributed by atoms with van der Waals surface area (Å²) in [5, 5.41) is 0. The Hall–Kier alpha value is -2.82. The smallest absolute Gasteiger partial charge is 0.270 e. The average molecular weight is 352 g/mol. The molecule has 1 amide bonds. The van der Waals surface area contributed by atoms with E-state index in [4.69, 9.17) is 4.74 Å². The topological polar surface area (TPSA) is 62.4 Å². The van der Waals surface area contributed by atoms with Crippen LogP contribution in [0.3, 0.4) is 0 Å². The molecule has 0 aliphatic heterocycles. The lowest BCUT2D eigenvalue weighted by molar-refractivity contribution is 0.0779. The van der Waals surface area contributed by atoms with E-state index in [-0.39, 0.29) is 11.7 Å². The van der Waals surface area contributed by atoms with E-state index >= 15 is 0 Å². The van der Waals surface area contributed by atoms with Crippen molar-refractivity contribution in [1.29, 1.82) is 0 Å². The average Bonchev–Trinajstić information content (AvgIpc) is 2.98. The molecule has 5 heteroatoms. The standard InChI is InChI=1S/C21H24N2O3/c1-4-12-26-16-10-8-15(9-11-16)13-23(3)21(25)20-14(2)19-17(22-20)6-5-7-18(19)24/h4,8-11,22H,1,5-7,12-13H2,2-3H3. The highest BCUT2D eigenvalue weighted by molar-refractivity contribution is 6.04. The number of aromatic nitrogens is 1. The molecule has 1 aromatic carbocycles. The van der Waals surface area contributed by atoms with E-state index in [1.165, 1.54) is 0 Å². The minimum absolute atomic E-state index is 0.100. The van der Waals surface area contributed by atoms with Gasteiger partial charge in [-0.05, 0) is 43.0 Å². The highest BCUT2D eigenvalue weighted by Gasteiger charge is 2.27. The van der Waals surface area contributed by atoms with E-state index in [0.29, 0.717) is 25.3 Å². The fraction of sp³-hybridized carbons (Fsp3) is 0.333. The van der Waals surface area contributed by atoms with Crippen LogP contribution in [0.5, 0.6) is 5.75 Å². The number of amides is 1. The Morgan fingerprint density at radius 3 is 2.69 bits per heavy atom. The fourth-order valence-corrected chi connectivity index (χ4v) is 3.37. The number of fused-ring (bicyclic) bond motifs is 1.